The van der Waals surface area contributed by atoms with Gasteiger partial charge in [-0.3, -0.25) is 4.79 Å². The average Bonchev–Trinajstić information content (AvgIpc) is 2.70. The quantitative estimate of drug-likeness (QED) is 0.717. The highest BCUT2D eigenvalue weighted by Gasteiger charge is 2.23. The van der Waals surface area contributed by atoms with Crippen molar-refractivity contribution in [3.05, 3.63) is 59.9 Å². The van der Waals surface area contributed by atoms with Crippen LogP contribution < -0.4 is 10.6 Å². The van der Waals surface area contributed by atoms with Gasteiger partial charge in [-0.1, -0.05) is 31.4 Å². The molecule has 1 amide bonds. The molecule has 3 rings (SSSR count). The molecule has 2 aromatic carbocycles. The first-order valence-corrected chi connectivity index (χ1v) is 9.66. The second-order valence-electron chi connectivity index (χ2n) is 7.07. The molecular formula is C22H25FN2O3. The van der Waals surface area contributed by atoms with E-state index in [4.69, 9.17) is 4.74 Å². The van der Waals surface area contributed by atoms with Crippen LogP contribution in [-0.2, 0) is 9.53 Å². The lowest BCUT2D eigenvalue weighted by atomic mass is 9.95. The molecule has 1 unspecified atom stereocenters. The van der Waals surface area contributed by atoms with Gasteiger partial charge in [0.25, 0.3) is 5.91 Å². The van der Waals surface area contributed by atoms with Crippen LogP contribution in [0.15, 0.2) is 48.5 Å². The average molecular weight is 384 g/mol. The molecular weight excluding hydrogens is 359 g/mol. The first-order valence-electron chi connectivity index (χ1n) is 9.66. The van der Waals surface area contributed by atoms with Crippen molar-refractivity contribution in [2.75, 3.05) is 5.32 Å². The van der Waals surface area contributed by atoms with Crippen molar-refractivity contribution in [1.82, 2.24) is 5.32 Å². The molecule has 0 saturated heterocycles. The molecule has 0 aliphatic heterocycles. The van der Waals surface area contributed by atoms with Crippen LogP contribution in [-0.4, -0.2) is 24.0 Å². The lowest BCUT2D eigenvalue weighted by molar-refractivity contribution is -0.130. The zero-order valence-electron chi connectivity index (χ0n) is 15.9. The van der Waals surface area contributed by atoms with Crippen LogP contribution in [0.2, 0.25) is 0 Å². The number of rotatable bonds is 6. The fourth-order valence-corrected chi connectivity index (χ4v) is 3.30. The van der Waals surface area contributed by atoms with Crippen LogP contribution >= 0.6 is 0 Å². The SMILES string of the molecule is CC(OC(=O)c1ccccc1Nc1ccc(F)cc1)C(=O)NC1CCCCC1. The molecule has 0 aromatic heterocycles. The minimum Gasteiger partial charge on any atom is -0.449 e. The smallest absolute Gasteiger partial charge is 0.341 e. The van der Waals surface area contributed by atoms with Crippen molar-refractivity contribution in [3.63, 3.8) is 0 Å². The largest absolute Gasteiger partial charge is 0.449 e. The minimum atomic E-state index is -0.881. The third-order valence-electron chi connectivity index (χ3n) is 4.87. The zero-order chi connectivity index (χ0) is 19.9. The molecule has 0 bridgehead atoms. The van der Waals surface area contributed by atoms with Gasteiger partial charge in [-0.05, 0) is 56.2 Å². The summed E-state index contributed by atoms with van der Waals surface area (Å²) in [5.41, 5.74) is 1.48. The molecule has 1 saturated carbocycles. The highest BCUT2D eigenvalue weighted by molar-refractivity contribution is 5.98. The monoisotopic (exact) mass is 384 g/mol. The van der Waals surface area contributed by atoms with Crippen LogP contribution in [0, 0.1) is 5.82 Å². The molecule has 0 radical (unpaired) electrons. The van der Waals surface area contributed by atoms with E-state index in [-0.39, 0.29) is 17.8 Å². The van der Waals surface area contributed by atoms with Crippen LogP contribution in [0.1, 0.15) is 49.4 Å². The summed E-state index contributed by atoms with van der Waals surface area (Å²) in [5, 5.41) is 6.05. The molecule has 1 fully saturated rings. The number of amides is 1. The summed E-state index contributed by atoms with van der Waals surface area (Å²) in [6, 6.07) is 12.8. The van der Waals surface area contributed by atoms with Crippen molar-refractivity contribution in [3.8, 4) is 0 Å². The molecule has 148 valence electrons. The van der Waals surface area contributed by atoms with E-state index in [9.17, 15) is 14.0 Å². The maximum atomic E-state index is 13.1. The molecule has 2 aromatic rings. The summed E-state index contributed by atoms with van der Waals surface area (Å²) in [5.74, 6) is -1.20. The molecule has 5 nitrogen and oxygen atoms in total. The fourth-order valence-electron chi connectivity index (χ4n) is 3.30. The van der Waals surface area contributed by atoms with Crippen molar-refractivity contribution in [2.24, 2.45) is 0 Å². The third kappa shape index (κ3) is 5.31. The Balaban J connectivity index is 1.63. The van der Waals surface area contributed by atoms with Gasteiger partial charge < -0.3 is 15.4 Å². The molecule has 1 aliphatic rings. The second-order valence-corrected chi connectivity index (χ2v) is 7.07. The number of ether oxygens (including phenoxy) is 1. The molecule has 1 aliphatic carbocycles. The second kappa shape index (κ2) is 9.35. The molecule has 1 atom stereocenters. The summed E-state index contributed by atoms with van der Waals surface area (Å²) in [7, 11) is 0. The summed E-state index contributed by atoms with van der Waals surface area (Å²) in [6.45, 7) is 1.58. The number of anilines is 2. The molecule has 0 heterocycles. The van der Waals surface area contributed by atoms with Crippen LogP contribution in [0.4, 0.5) is 15.8 Å². The van der Waals surface area contributed by atoms with E-state index < -0.39 is 12.1 Å². The molecule has 0 spiro atoms. The van der Waals surface area contributed by atoms with Crippen molar-refractivity contribution in [1.29, 1.82) is 0 Å². The summed E-state index contributed by atoms with van der Waals surface area (Å²) < 4.78 is 18.5. The Hall–Kier alpha value is -2.89. The minimum absolute atomic E-state index is 0.162. The van der Waals surface area contributed by atoms with Gasteiger partial charge in [0.1, 0.15) is 5.82 Å². The van der Waals surface area contributed by atoms with E-state index in [0.717, 1.165) is 25.7 Å². The fraction of sp³-hybridized carbons (Fsp3) is 0.364. The first-order chi connectivity index (χ1) is 13.5. The van der Waals surface area contributed by atoms with E-state index in [1.807, 2.05) is 0 Å². The van der Waals surface area contributed by atoms with Gasteiger partial charge in [-0.15, -0.1) is 0 Å². The van der Waals surface area contributed by atoms with Crippen LogP contribution in [0.5, 0.6) is 0 Å². The number of hydrogen-bond donors (Lipinski definition) is 2. The highest BCUT2D eigenvalue weighted by Crippen LogP contribution is 2.22. The standard InChI is InChI=1S/C22H25FN2O3/c1-15(21(26)25-17-7-3-2-4-8-17)28-22(27)19-9-5-6-10-20(19)24-18-13-11-16(23)12-14-18/h5-6,9-15,17,24H,2-4,7-8H2,1H3,(H,25,26). The van der Waals surface area contributed by atoms with Gasteiger partial charge in [-0.25, -0.2) is 9.18 Å². The normalized spacial score (nSPS) is 15.5. The maximum Gasteiger partial charge on any atom is 0.341 e. The molecule has 2 N–H and O–H groups in total. The van der Waals surface area contributed by atoms with Crippen LogP contribution in [0.3, 0.4) is 0 Å². The van der Waals surface area contributed by atoms with Gasteiger partial charge in [0.2, 0.25) is 0 Å². The summed E-state index contributed by atoms with van der Waals surface area (Å²) >= 11 is 0. The van der Waals surface area contributed by atoms with Gasteiger partial charge in [0.15, 0.2) is 6.10 Å². The van der Waals surface area contributed by atoms with Crippen molar-refractivity contribution < 1.29 is 18.7 Å². The zero-order valence-corrected chi connectivity index (χ0v) is 15.9. The number of carbonyl (C=O) groups is 2. The third-order valence-corrected chi connectivity index (χ3v) is 4.87. The Morgan fingerprint density at radius 3 is 2.43 bits per heavy atom. The number of benzene rings is 2. The van der Waals surface area contributed by atoms with E-state index in [1.54, 1.807) is 43.3 Å². The predicted octanol–water partition coefficient (Wildman–Crippen LogP) is 4.56. The summed E-state index contributed by atoms with van der Waals surface area (Å²) in [6.07, 6.45) is 4.49. The Bertz CT molecular complexity index is 817. The van der Waals surface area contributed by atoms with E-state index >= 15 is 0 Å². The summed E-state index contributed by atoms with van der Waals surface area (Å²) in [4.78, 5) is 25.0. The number of carbonyl (C=O) groups excluding carboxylic acids is 2. The highest BCUT2D eigenvalue weighted by atomic mass is 19.1. The lowest BCUT2D eigenvalue weighted by Crippen LogP contribution is -2.42. The van der Waals surface area contributed by atoms with Gasteiger partial charge in [0, 0.05) is 11.7 Å². The number of para-hydroxylation sites is 1. The van der Waals surface area contributed by atoms with Crippen LogP contribution in [0.25, 0.3) is 0 Å². The Labute approximate surface area is 164 Å². The lowest BCUT2D eigenvalue weighted by Gasteiger charge is -2.24. The Kier molecular flexibility index (Phi) is 6.63. The van der Waals surface area contributed by atoms with Gasteiger partial charge >= 0.3 is 5.97 Å². The van der Waals surface area contributed by atoms with E-state index in [1.165, 1.54) is 18.6 Å². The number of esters is 1. The predicted molar refractivity (Wildman–Crippen MR) is 106 cm³/mol. The topological polar surface area (TPSA) is 67.4 Å². The van der Waals surface area contributed by atoms with Gasteiger partial charge in [-0.2, -0.15) is 0 Å². The molecule has 6 heteroatoms. The van der Waals surface area contributed by atoms with Crippen molar-refractivity contribution >= 4 is 23.3 Å². The maximum absolute atomic E-state index is 13.1. The van der Waals surface area contributed by atoms with E-state index in [0.29, 0.717) is 16.9 Å². The number of halogens is 1. The first kappa shape index (κ1) is 19.9. The Morgan fingerprint density at radius 1 is 1.04 bits per heavy atom. The van der Waals surface area contributed by atoms with Crippen molar-refractivity contribution in [2.45, 2.75) is 51.2 Å². The van der Waals surface area contributed by atoms with E-state index in [2.05, 4.69) is 10.6 Å². The number of nitrogens with one attached hydrogen (secondary N) is 2. The van der Waals surface area contributed by atoms with Gasteiger partial charge in [0.05, 0.1) is 11.3 Å². The molecule has 28 heavy (non-hydrogen) atoms. The Morgan fingerprint density at radius 2 is 1.71 bits per heavy atom. The number of hydrogen-bond acceptors (Lipinski definition) is 4.